The van der Waals surface area contributed by atoms with Gasteiger partial charge in [0.15, 0.2) is 0 Å². The molecule has 3 heterocycles. The Balaban J connectivity index is 1.23. The van der Waals surface area contributed by atoms with E-state index in [-0.39, 0.29) is 23.3 Å². The van der Waals surface area contributed by atoms with Crippen LogP contribution in [-0.2, 0) is 32.4 Å². The lowest BCUT2D eigenvalue weighted by molar-refractivity contribution is -0.118. The maximum absolute atomic E-state index is 12.9. The van der Waals surface area contributed by atoms with E-state index in [0.717, 1.165) is 12.1 Å². The number of ether oxygens (including phenoxy) is 1. The fourth-order valence-electron chi connectivity index (χ4n) is 4.47. The summed E-state index contributed by atoms with van der Waals surface area (Å²) < 4.78 is 37.6. The van der Waals surface area contributed by atoms with E-state index in [1.807, 2.05) is 30.0 Å². The number of aryl methyl sites for hydroxylation is 1. The molecule has 1 saturated heterocycles. The molecule has 0 spiro atoms. The summed E-state index contributed by atoms with van der Waals surface area (Å²) in [5.41, 5.74) is 2.80. The molecule has 2 aliphatic heterocycles. The Labute approximate surface area is 198 Å². The second-order valence-electron chi connectivity index (χ2n) is 8.50. The molecule has 1 atom stereocenters. The van der Waals surface area contributed by atoms with E-state index in [9.17, 15) is 13.2 Å². The SMILES string of the molecule is CC1Cc2ccccc2N1C(=O)CCc1nc(-c2ccc(S(=O)(=O)N3CCOCC3)cc2)no1. The van der Waals surface area contributed by atoms with Crippen molar-refractivity contribution in [3.8, 4) is 11.4 Å². The number of aromatic nitrogens is 2. The predicted octanol–water partition coefficient (Wildman–Crippen LogP) is 2.67. The highest BCUT2D eigenvalue weighted by atomic mass is 32.2. The maximum atomic E-state index is 12.9. The van der Waals surface area contributed by atoms with Crippen molar-refractivity contribution < 1.29 is 22.5 Å². The Morgan fingerprint density at radius 3 is 2.59 bits per heavy atom. The Hall–Kier alpha value is -3.08. The number of rotatable bonds is 6. The van der Waals surface area contributed by atoms with Crippen LogP contribution in [-0.4, -0.2) is 61.1 Å². The summed E-state index contributed by atoms with van der Waals surface area (Å²) in [7, 11) is -3.56. The number of hydrogen-bond donors (Lipinski definition) is 0. The van der Waals surface area contributed by atoms with Crippen molar-refractivity contribution in [1.29, 1.82) is 0 Å². The van der Waals surface area contributed by atoms with Crippen LogP contribution in [0.1, 0.15) is 24.8 Å². The van der Waals surface area contributed by atoms with Crippen molar-refractivity contribution in [2.75, 3.05) is 31.2 Å². The molecule has 1 fully saturated rings. The summed E-state index contributed by atoms with van der Waals surface area (Å²) in [6.07, 6.45) is 1.45. The topological polar surface area (TPSA) is 106 Å². The van der Waals surface area contributed by atoms with E-state index in [1.165, 1.54) is 9.87 Å². The number of para-hydroxylation sites is 1. The second kappa shape index (κ2) is 9.28. The molecule has 2 aromatic carbocycles. The summed E-state index contributed by atoms with van der Waals surface area (Å²) >= 11 is 0. The van der Waals surface area contributed by atoms with E-state index in [2.05, 4.69) is 16.2 Å². The van der Waals surface area contributed by atoms with Gasteiger partial charge in [0.1, 0.15) is 0 Å². The molecule has 178 valence electrons. The molecule has 9 nitrogen and oxygen atoms in total. The minimum Gasteiger partial charge on any atom is -0.379 e. The highest BCUT2D eigenvalue weighted by molar-refractivity contribution is 7.89. The second-order valence-corrected chi connectivity index (χ2v) is 10.4. The van der Waals surface area contributed by atoms with Gasteiger partial charge in [-0.25, -0.2) is 8.42 Å². The molecule has 2 aliphatic rings. The van der Waals surface area contributed by atoms with Gasteiger partial charge in [-0.2, -0.15) is 9.29 Å². The zero-order valence-electron chi connectivity index (χ0n) is 18.9. The van der Waals surface area contributed by atoms with Gasteiger partial charge < -0.3 is 14.2 Å². The number of carbonyl (C=O) groups excluding carboxylic acids is 1. The predicted molar refractivity (Wildman–Crippen MR) is 125 cm³/mol. The van der Waals surface area contributed by atoms with E-state index in [4.69, 9.17) is 9.26 Å². The Bertz CT molecular complexity index is 1280. The maximum Gasteiger partial charge on any atom is 0.243 e. The third-order valence-electron chi connectivity index (χ3n) is 6.22. The van der Waals surface area contributed by atoms with Crippen LogP contribution in [0.25, 0.3) is 11.4 Å². The number of sulfonamides is 1. The first-order valence-corrected chi connectivity index (χ1v) is 12.8. The zero-order chi connectivity index (χ0) is 23.7. The summed E-state index contributed by atoms with van der Waals surface area (Å²) in [5.74, 6) is 0.751. The lowest BCUT2D eigenvalue weighted by atomic mass is 10.1. The summed E-state index contributed by atoms with van der Waals surface area (Å²) in [6.45, 7) is 3.53. The standard InChI is InChI=1S/C24H26N4O5S/c1-17-16-19-4-2-3-5-21(19)28(17)23(29)11-10-22-25-24(26-33-22)18-6-8-20(9-7-18)34(30,31)27-12-14-32-15-13-27/h2-9,17H,10-16H2,1H3. The molecule has 1 amide bonds. The van der Waals surface area contributed by atoms with Crippen LogP contribution in [0.4, 0.5) is 5.69 Å². The third kappa shape index (κ3) is 4.36. The van der Waals surface area contributed by atoms with Crippen LogP contribution < -0.4 is 4.90 Å². The smallest absolute Gasteiger partial charge is 0.243 e. The van der Waals surface area contributed by atoms with Crippen LogP contribution >= 0.6 is 0 Å². The van der Waals surface area contributed by atoms with E-state index in [0.29, 0.717) is 50.0 Å². The number of amides is 1. The van der Waals surface area contributed by atoms with Crippen molar-refractivity contribution in [3.05, 3.63) is 60.0 Å². The molecule has 3 aromatic rings. The van der Waals surface area contributed by atoms with E-state index in [1.54, 1.807) is 24.3 Å². The quantitative estimate of drug-likeness (QED) is 0.532. The van der Waals surface area contributed by atoms with Crippen LogP contribution in [0, 0.1) is 0 Å². The number of nitrogens with zero attached hydrogens (tertiary/aromatic N) is 4. The molecule has 5 rings (SSSR count). The van der Waals surface area contributed by atoms with Gasteiger partial charge in [0, 0.05) is 43.2 Å². The Morgan fingerprint density at radius 2 is 1.82 bits per heavy atom. The van der Waals surface area contributed by atoms with Crippen molar-refractivity contribution >= 4 is 21.6 Å². The lowest BCUT2D eigenvalue weighted by Crippen LogP contribution is -2.40. The van der Waals surface area contributed by atoms with Gasteiger partial charge in [-0.3, -0.25) is 4.79 Å². The number of anilines is 1. The number of morpholine rings is 1. The molecule has 1 unspecified atom stereocenters. The molecular formula is C24H26N4O5S. The van der Waals surface area contributed by atoms with Crippen molar-refractivity contribution in [2.45, 2.75) is 37.1 Å². The first-order valence-electron chi connectivity index (χ1n) is 11.3. The van der Waals surface area contributed by atoms with Crippen LogP contribution in [0.3, 0.4) is 0 Å². The normalized spacial score (nSPS) is 18.7. The summed E-state index contributed by atoms with van der Waals surface area (Å²) in [4.78, 5) is 19.4. The minimum absolute atomic E-state index is 0.0230. The van der Waals surface area contributed by atoms with Crippen LogP contribution in [0.2, 0.25) is 0 Å². The van der Waals surface area contributed by atoms with E-state index < -0.39 is 10.0 Å². The zero-order valence-corrected chi connectivity index (χ0v) is 19.7. The van der Waals surface area contributed by atoms with Crippen LogP contribution in [0.5, 0.6) is 0 Å². The monoisotopic (exact) mass is 482 g/mol. The number of carbonyl (C=O) groups is 1. The molecule has 0 radical (unpaired) electrons. The number of benzene rings is 2. The molecule has 0 saturated carbocycles. The number of hydrogen-bond acceptors (Lipinski definition) is 7. The van der Waals surface area contributed by atoms with Gasteiger partial charge in [0.05, 0.1) is 18.1 Å². The van der Waals surface area contributed by atoms with Gasteiger partial charge in [-0.05, 0) is 49.2 Å². The molecule has 34 heavy (non-hydrogen) atoms. The highest BCUT2D eigenvalue weighted by Crippen LogP contribution is 2.32. The molecular weight excluding hydrogens is 456 g/mol. The third-order valence-corrected chi connectivity index (χ3v) is 8.13. The summed E-state index contributed by atoms with van der Waals surface area (Å²) in [5, 5.41) is 4.01. The van der Waals surface area contributed by atoms with Crippen molar-refractivity contribution in [2.24, 2.45) is 0 Å². The van der Waals surface area contributed by atoms with Gasteiger partial charge in [-0.15, -0.1) is 0 Å². The van der Waals surface area contributed by atoms with Gasteiger partial charge in [0.25, 0.3) is 0 Å². The largest absolute Gasteiger partial charge is 0.379 e. The molecule has 0 N–H and O–H groups in total. The average molecular weight is 483 g/mol. The summed E-state index contributed by atoms with van der Waals surface area (Å²) in [6, 6.07) is 14.5. The van der Waals surface area contributed by atoms with Crippen molar-refractivity contribution in [1.82, 2.24) is 14.4 Å². The van der Waals surface area contributed by atoms with Crippen molar-refractivity contribution in [3.63, 3.8) is 0 Å². The highest BCUT2D eigenvalue weighted by Gasteiger charge is 2.30. The lowest BCUT2D eigenvalue weighted by Gasteiger charge is -2.26. The molecule has 1 aromatic heterocycles. The Kier molecular flexibility index (Phi) is 6.20. The van der Waals surface area contributed by atoms with Gasteiger partial charge in [-0.1, -0.05) is 23.4 Å². The fraction of sp³-hybridized carbons (Fsp3) is 0.375. The molecule has 10 heteroatoms. The van der Waals surface area contributed by atoms with Crippen LogP contribution in [0.15, 0.2) is 57.9 Å². The number of fused-ring (bicyclic) bond motifs is 1. The van der Waals surface area contributed by atoms with E-state index >= 15 is 0 Å². The first kappa shape index (κ1) is 22.7. The minimum atomic E-state index is -3.56. The average Bonchev–Trinajstić information content (AvgIpc) is 3.47. The fourth-order valence-corrected chi connectivity index (χ4v) is 5.87. The van der Waals surface area contributed by atoms with Gasteiger partial charge >= 0.3 is 0 Å². The Morgan fingerprint density at radius 1 is 1.09 bits per heavy atom. The van der Waals surface area contributed by atoms with Gasteiger partial charge in [0.2, 0.25) is 27.6 Å². The molecule has 0 aliphatic carbocycles. The molecule has 0 bridgehead atoms. The first-order chi connectivity index (χ1) is 16.4.